The molecule has 0 aliphatic heterocycles. The van der Waals surface area contributed by atoms with Gasteiger partial charge in [0.25, 0.3) is 5.91 Å². The van der Waals surface area contributed by atoms with Gasteiger partial charge in [-0.05, 0) is 33.4 Å². The number of thiophene rings is 1. The maximum Gasteiger partial charge on any atom is 0.255 e. The zero-order valence-electron chi connectivity index (χ0n) is 9.11. The molecule has 18 heavy (non-hydrogen) atoms. The lowest BCUT2D eigenvalue weighted by atomic mass is 10.2. The van der Waals surface area contributed by atoms with Gasteiger partial charge in [-0.15, -0.1) is 11.3 Å². The van der Waals surface area contributed by atoms with Crippen LogP contribution in [-0.4, -0.2) is 10.9 Å². The predicted molar refractivity (Wildman–Crippen MR) is 71.8 cm³/mol. The van der Waals surface area contributed by atoms with Gasteiger partial charge in [0.2, 0.25) is 0 Å². The Morgan fingerprint density at radius 1 is 1.61 bits per heavy atom. The second-order valence-electron chi connectivity index (χ2n) is 3.46. The number of amides is 1. The summed E-state index contributed by atoms with van der Waals surface area (Å²) in [5.74, 6) is -1.02. The number of hydrogen-bond acceptors (Lipinski definition) is 4. The zero-order chi connectivity index (χ0) is 13.1. The normalized spacial score (nSPS) is 10.3. The Labute approximate surface area is 115 Å². The number of hydrogen-bond donors (Lipinski definition) is 2. The van der Waals surface area contributed by atoms with Crippen LogP contribution >= 0.6 is 27.3 Å². The summed E-state index contributed by atoms with van der Waals surface area (Å²) in [6, 6.07) is 2.96. The maximum absolute atomic E-state index is 13.0. The van der Waals surface area contributed by atoms with E-state index >= 15 is 0 Å². The van der Waals surface area contributed by atoms with Crippen LogP contribution in [0.25, 0.3) is 0 Å². The van der Waals surface area contributed by atoms with E-state index in [4.69, 9.17) is 5.73 Å². The molecule has 94 valence electrons. The third-order valence-electron chi connectivity index (χ3n) is 2.23. The van der Waals surface area contributed by atoms with Gasteiger partial charge in [0.1, 0.15) is 11.6 Å². The fraction of sp³-hybridized carbons (Fsp3) is 0.0909. The molecule has 0 aliphatic carbocycles. The fourth-order valence-electron chi connectivity index (χ4n) is 1.34. The van der Waals surface area contributed by atoms with Crippen LogP contribution in [0, 0.1) is 5.82 Å². The van der Waals surface area contributed by atoms with Gasteiger partial charge < -0.3 is 11.1 Å². The van der Waals surface area contributed by atoms with E-state index in [-0.39, 0.29) is 11.4 Å². The van der Waals surface area contributed by atoms with E-state index in [2.05, 4.69) is 26.2 Å². The minimum absolute atomic E-state index is 0.0131. The van der Waals surface area contributed by atoms with Crippen LogP contribution in [0.4, 0.5) is 10.2 Å². The first-order valence-electron chi connectivity index (χ1n) is 4.99. The van der Waals surface area contributed by atoms with Crippen LogP contribution in [0.3, 0.4) is 0 Å². The molecule has 0 spiro atoms. The van der Waals surface area contributed by atoms with Gasteiger partial charge >= 0.3 is 0 Å². The van der Waals surface area contributed by atoms with Gasteiger partial charge in [-0.3, -0.25) is 4.79 Å². The second-order valence-corrected chi connectivity index (χ2v) is 5.32. The minimum Gasteiger partial charge on any atom is -0.383 e. The van der Waals surface area contributed by atoms with E-state index in [1.807, 2.05) is 11.4 Å². The Morgan fingerprint density at radius 2 is 2.39 bits per heavy atom. The average molecular weight is 330 g/mol. The van der Waals surface area contributed by atoms with Crippen molar-refractivity contribution < 1.29 is 9.18 Å². The van der Waals surface area contributed by atoms with Crippen LogP contribution in [0.1, 0.15) is 15.2 Å². The monoisotopic (exact) mass is 329 g/mol. The highest BCUT2D eigenvalue weighted by Crippen LogP contribution is 2.22. The molecule has 2 rings (SSSR count). The zero-order valence-corrected chi connectivity index (χ0v) is 11.5. The number of carbonyl (C=O) groups is 1. The third kappa shape index (κ3) is 2.85. The van der Waals surface area contributed by atoms with Gasteiger partial charge in [-0.2, -0.15) is 0 Å². The van der Waals surface area contributed by atoms with Gasteiger partial charge in [-0.25, -0.2) is 9.37 Å². The first kappa shape index (κ1) is 13.0. The Bertz CT molecular complexity index is 587. The number of halogens is 2. The van der Waals surface area contributed by atoms with Crippen LogP contribution in [0.15, 0.2) is 28.2 Å². The molecule has 0 saturated carbocycles. The SMILES string of the molecule is Nc1ncc(F)cc1C(=O)NCc1sccc1Br. The molecule has 4 nitrogen and oxygen atoms in total. The smallest absolute Gasteiger partial charge is 0.255 e. The fourth-order valence-corrected chi connectivity index (χ4v) is 2.77. The molecule has 0 atom stereocenters. The number of nitrogen functional groups attached to an aromatic ring is 1. The summed E-state index contributed by atoms with van der Waals surface area (Å²) in [7, 11) is 0. The van der Waals surface area contributed by atoms with Crippen molar-refractivity contribution >= 4 is 39.0 Å². The van der Waals surface area contributed by atoms with E-state index in [0.717, 1.165) is 21.6 Å². The number of anilines is 1. The average Bonchev–Trinajstić information content (AvgIpc) is 2.75. The van der Waals surface area contributed by atoms with E-state index in [9.17, 15) is 9.18 Å². The van der Waals surface area contributed by atoms with E-state index in [0.29, 0.717) is 6.54 Å². The van der Waals surface area contributed by atoms with Crippen molar-refractivity contribution in [2.75, 3.05) is 5.73 Å². The predicted octanol–water partition coefficient (Wildman–Crippen LogP) is 2.56. The van der Waals surface area contributed by atoms with E-state index in [1.165, 1.54) is 11.3 Å². The largest absolute Gasteiger partial charge is 0.383 e. The van der Waals surface area contributed by atoms with Crippen LogP contribution in [-0.2, 0) is 6.54 Å². The Kier molecular flexibility index (Phi) is 3.93. The summed E-state index contributed by atoms with van der Waals surface area (Å²) in [5.41, 5.74) is 5.57. The number of aromatic nitrogens is 1. The van der Waals surface area contributed by atoms with Crippen molar-refractivity contribution in [3.05, 3.63) is 44.4 Å². The molecular weight excluding hydrogens is 321 g/mol. The lowest BCUT2D eigenvalue weighted by Gasteiger charge is -2.06. The first-order chi connectivity index (χ1) is 8.58. The van der Waals surface area contributed by atoms with Gasteiger partial charge in [0.15, 0.2) is 0 Å². The highest BCUT2D eigenvalue weighted by atomic mass is 79.9. The van der Waals surface area contributed by atoms with E-state index < -0.39 is 11.7 Å². The molecule has 0 unspecified atom stereocenters. The molecule has 7 heteroatoms. The lowest BCUT2D eigenvalue weighted by Crippen LogP contribution is -2.24. The molecule has 2 heterocycles. The molecule has 0 radical (unpaired) electrons. The number of nitrogens with two attached hydrogens (primary N) is 1. The Hall–Kier alpha value is -1.47. The van der Waals surface area contributed by atoms with Crippen molar-refractivity contribution in [1.29, 1.82) is 0 Å². The standard InChI is InChI=1S/C11H9BrFN3OS/c12-8-1-2-18-9(8)5-16-11(17)7-3-6(13)4-15-10(7)14/h1-4H,5H2,(H2,14,15)(H,16,17). The Morgan fingerprint density at radius 3 is 3.06 bits per heavy atom. The number of nitrogens with one attached hydrogen (secondary N) is 1. The summed E-state index contributed by atoms with van der Waals surface area (Å²) in [6.07, 6.45) is 0.974. The summed E-state index contributed by atoms with van der Waals surface area (Å²) in [6.45, 7) is 0.354. The van der Waals surface area contributed by atoms with Crippen LogP contribution in [0.5, 0.6) is 0 Å². The minimum atomic E-state index is -0.591. The van der Waals surface area contributed by atoms with Crippen LogP contribution < -0.4 is 11.1 Å². The number of rotatable bonds is 3. The second kappa shape index (κ2) is 5.45. The molecule has 3 N–H and O–H groups in total. The molecule has 0 aliphatic rings. The maximum atomic E-state index is 13.0. The molecule has 0 fully saturated rings. The first-order valence-corrected chi connectivity index (χ1v) is 6.66. The van der Waals surface area contributed by atoms with Crippen molar-refractivity contribution in [1.82, 2.24) is 10.3 Å². The van der Waals surface area contributed by atoms with Gasteiger partial charge in [0, 0.05) is 9.35 Å². The topological polar surface area (TPSA) is 68.0 Å². The number of carbonyl (C=O) groups excluding carboxylic acids is 1. The quantitative estimate of drug-likeness (QED) is 0.909. The van der Waals surface area contributed by atoms with Crippen molar-refractivity contribution in [3.63, 3.8) is 0 Å². The molecule has 0 saturated heterocycles. The molecule has 0 bridgehead atoms. The number of nitrogens with zero attached hydrogens (tertiary/aromatic N) is 1. The molecule has 1 amide bonds. The van der Waals surface area contributed by atoms with Gasteiger partial charge in [0.05, 0.1) is 18.3 Å². The highest BCUT2D eigenvalue weighted by Gasteiger charge is 2.12. The molecule has 2 aromatic heterocycles. The Balaban J connectivity index is 2.08. The molecule has 0 aromatic carbocycles. The molecular formula is C11H9BrFN3OS. The summed E-state index contributed by atoms with van der Waals surface area (Å²) in [5, 5.41) is 4.57. The van der Waals surface area contributed by atoms with Crippen molar-refractivity contribution in [2.45, 2.75) is 6.54 Å². The lowest BCUT2D eigenvalue weighted by molar-refractivity contribution is 0.0951. The highest BCUT2D eigenvalue weighted by molar-refractivity contribution is 9.10. The summed E-state index contributed by atoms with van der Waals surface area (Å²) >= 11 is 4.87. The van der Waals surface area contributed by atoms with E-state index in [1.54, 1.807) is 0 Å². The summed E-state index contributed by atoms with van der Waals surface area (Å²) in [4.78, 5) is 16.4. The third-order valence-corrected chi connectivity index (χ3v) is 4.16. The van der Waals surface area contributed by atoms with Crippen molar-refractivity contribution in [2.24, 2.45) is 0 Å². The summed E-state index contributed by atoms with van der Waals surface area (Å²) < 4.78 is 13.9. The van der Waals surface area contributed by atoms with Crippen molar-refractivity contribution in [3.8, 4) is 0 Å². The number of pyridine rings is 1. The van der Waals surface area contributed by atoms with Crippen LogP contribution in [0.2, 0.25) is 0 Å². The molecule has 2 aromatic rings. The van der Waals surface area contributed by atoms with Gasteiger partial charge in [-0.1, -0.05) is 0 Å².